The first kappa shape index (κ1) is 12.9. The molecular formula is C10H23NO2. The molecule has 0 aromatic carbocycles. The molecule has 0 bridgehead atoms. The summed E-state index contributed by atoms with van der Waals surface area (Å²) >= 11 is 0. The molecule has 0 saturated carbocycles. The zero-order valence-electron chi connectivity index (χ0n) is 8.71. The van der Waals surface area contributed by atoms with Crippen LogP contribution in [0, 0.1) is 0 Å². The van der Waals surface area contributed by atoms with E-state index in [9.17, 15) is 0 Å². The maximum atomic E-state index is 8.73. The van der Waals surface area contributed by atoms with Crippen molar-refractivity contribution in [2.75, 3.05) is 32.8 Å². The molecule has 0 aromatic heterocycles. The molecule has 0 atom stereocenters. The van der Waals surface area contributed by atoms with E-state index in [-0.39, 0.29) is 6.61 Å². The molecular weight excluding hydrogens is 166 g/mol. The predicted octanol–water partition coefficient (Wildman–Crippen LogP) is 0.853. The lowest BCUT2D eigenvalue weighted by molar-refractivity contribution is 0.198. The second-order valence-corrected chi connectivity index (χ2v) is 3.30. The smallest absolute Gasteiger partial charge is 0.0558 e. The van der Waals surface area contributed by atoms with Crippen LogP contribution in [0.15, 0.2) is 0 Å². The normalized spacial score (nSPS) is 11.1. The highest BCUT2D eigenvalue weighted by Gasteiger charge is 1.99. The third kappa shape index (κ3) is 8.22. The first-order chi connectivity index (χ1) is 6.35. The van der Waals surface area contributed by atoms with Crippen LogP contribution >= 0.6 is 0 Å². The van der Waals surface area contributed by atoms with Gasteiger partial charge in [0.2, 0.25) is 0 Å². The van der Waals surface area contributed by atoms with E-state index in [1.165, 1.54) is 12.8 Å². The Kier molecular flexibility index (Phi) is 9.87. The second kappa shape index (κ2) is 9.96. The van der Waals surface area contributed by atoms with Gasteiger partial charge in [0.15, 0.2) is 0 Å². The zero-order valence-corrected chi connectivity index (χ0v) is 8.71. The molecule has 0 aromatic rings. The van der Waals surface area contributed by atoms with Crippen molar-refractivity contribution >= 4 is 0 Å². The van der Waals surface area contributed by atoms with Crippen molar-refractivity contribution in [1.82, 2.24) is 4.90 Å². The van der Waals surface area contributed by atoms with Gasteiger partial charge in [-0.2, -0.15) is 0 Å². The molecule has 3 heteroatoms. The molecule has 0 heterocycles. The number of hydrogen-bond donors (Lipinski definition) is 2. The summed E-state index contributed by atoms with van der Waals surface area (Å²) in [6.45, 7) is 5.56. The number of rotatable bonds is 9. The molecule has 2 N–H and O–H groups in total. The van der Waals surface area contributed by atoms with Gasteiger partial charge in [-0.1, -0.05) is 19.8 Å². The van der Waals surface area contributed by atoms with Crippen LogP contribution in [0.2, 0.25) is 0 Å². The Hall–Kier alpha value is -0.120. The van der Waals surface area contributed by atoms with Crippen LogP contribution in [0.3, 0.4) is 0 Å². The molecule has 0 aliphatic carbocycles. The highest BCUT2D eigenvalue weighted by molar-refractivity contribution is 4.54. The van der Waals surface area contributed by atoms with Gasteiger partial charge in [0.25, 0.3) is 0 Å². The number of unbranched alkanes of at least 4 members (excludes halogenated alkanes) is 3. The summed E-state index contributed by atoms with van der Waals surface area (Å²) in [5, 5.41) is 17.3. The van der Waals surface area contributed by atoms with Crippen molar-refractivity contribution < 1.29 is 10.2 Å². The fourth-order valence-electron chi connectivity index (χ4n) is 1.37. The van der Waals surface area contributed by atoms with Crippen molar-refractivity contribution in [2.24, 2.45) is 0 Å². The van der Waals surface area contributed by atoms with Gasteiger partial charge >= 0.3 is 0 Å². The lowest BCUT2D eigenvalue weighted by Crippen LogP contribution is -2.27. The molecule has 0 radical (unpaired) electrons. The molecule has 0 fully saturated rings. The van der Waals surface area contributed by atoms with Gasteiger partial charge in [-0.3, -0.25) is 0 Å². The third-order valence-electron chi connectivity index (χ3n) is 2.25. The molecule has 0 rings (SSSR count). The highest BCUT2D eigenvalue weighted by atomic mass is 16.3. The van der Waals surface area contributed by atoms with E-state index < -0.39 is 0 Å². The van der Waals surface area contributed by atoms with Crippen LogP contribution < -0.4 is 0 Å². The summed E-state index contributed by atoms with van der Waals surface area (Å²) < 4.78 is 0. The van der Waals surface area contributed by atoms with E-state index in [0.29, 0.717) is 6.61 Å². The topological polar surface area (TPSA) is 43.7 Å². The molecule has 0 saturated heterocycles. The second-order valence-electron chi connectivity index (χ2n) is 3.30. The Bertz CT molecular complexity index is 98.9. The highest BCUT2D eigenvalue weighted by Crippen LogP contribution is 2.00. The number of nitrogens with zero attached hydrogens (tertiary/aromatic N) is 1. The standard InChI is InChI=1S/C10H23NO2/c1-2-11(8-10-13)7-5-3-4-6-9-12/h12-13H,2-10H2,1H3. The van der Waals surface area contributed by atoms with Crippen LogP contribution in [-0.2, 0) is 0 Å². The molecule has 0 unspecified atom stereocenters. The molecule has 0 aliphatic heterocycles. The van der Waals surface area contributed by atoms with Gasteiger partial charge < -0.3 is 15.1 Å². The Labute approximate surface area is 81.4 Å². The molecule has 13 heavy (non-hydrogen) atoms. The number of aliphatic hydroxyl groups excluding tert-OH is 2. The van der Waals surface area contributed by atoms with Crippen LogP contribution in [0.5, 0.6) is 0 Å². The Morgan fingerprint density at radius 3 is 2.08 bits per heavy atom. The molecule has 3 nitrogen and oxygen atoms in total. The SMILES string of the molecule is CCN(CCO)CCCCCCO. The first-order valence-electron chi connectivity index (χ1n) is 5.29. The lowest BCUT2D eigenvalue weighted by atomic mass is 10.2. The zero-order chi connectivity index (χ0) is 9.94. The Balaban J connectivity index is 3.17. The van der Waals surface area contributed by atoms with Crippen LogP contribution in [-0.4, -0.2) is 48.0 Å². The predicted molar refractivity (Wildman–Crippen MR) is 54.8 cm³/mol. The average Bonchev–Trinajstić information content (AvgIpc) is 2.16. The monoisotopic (exact) mass is 189 g/mol. The average molecular weight is 189 g/mol. The van der Waals surface area contributed by atoms with E-state index in [2.05, 4.69) is 11.8 Å². The molecule has 0 amide bonds. The molecule has 0 spiro atoms. The van der Waals surface area contributed by atoms with E-state index in [4.69, 9.17) is 10.2 Å². The number of hydrogen-bond acceptors (Lipinski definition) is 3. The number of aliphatic hydroxyl groups is 2. The van der Waals surface area contributed by atoms with Crippen molar-refractivity contribution in [3.8, 4) is 0 Å². The van der Waals surface area contributed by atoms with Gasteiger partial charge in [0.05, 0.1) is 6.61 Å². The van der Waals surface area contributed by atoms with E-state index >= 15 is 0 Å². The van der Waals surface area contributed by atoms with Crippen molar-refractivity contribution in [2.45, 2.75) is 32.6 Å². The van der Waals surface area contributed by atoms with Crippen molar-refractivity contribution in [3.63, 3.8) is 0 Å². The van der Waals surface area contributed by atoms with Gasteiger partial charge in [-0.15, -0.1) is 0 Å². The molecule has 80 valence electrons. The first-order valence-corrected chi connectivity index (χ1v) is 5.29. The van der Waals surface area contributed by atoms with E-state index in [0.717, 1.165) is 32.5 Å². The van der Waals surface area contributed by atoms with E-state index in [1.807, 2.05) is 0 Å². The summed E-state index contributed by atoms with van der Waals surface area (Å²) in [6.07, 6.45) is 4.40. The largest absolute Gasteiger partial charge is 0.396 e. The van der Waals surface area contributed by atoms with Crippen LogP contribution in [0.25, 0.3) is 0 Å². The summed E-state index contributed by atoms with van der Waals surface area (Å²) in [5.41, 5.74) is 0. The maximum absolute atomic E-state index is 8.73. The summed E-state index contributed by atoms with van der Waals surface area (Å²) in [7, 11) is 0. The Morgan fingerprint density at radius 2 is 1.54 bits per heavy atom. The summed E-state index contributed by atoms with van der Waals surface area (Å²) in [6, 6.07) is 0. The summed E-state index contributed by atoms with van der Waals surface area (Å²) in [4.78, 5) is 2.25. The minimum absolute atomic E-state index is 0.254. The quantitative estimate of drug-likeness (QED) is 0.529. The fraction of sp³-hybridized carbons (Fsp3) is 1.00. The maximum Gasteiger partial charge on any atom is 0.0558 e. The van der Waals surface area contributed by atoms with E-state index in [1.54, 1.807) is 0 Å². The van der Waals surface area contributed by atoms with Crippen LogP contribution in [0.4, 0.5) is 0 Å². The molecule has 0 aliphatic rings. The van der Waals surface area contributed by atoms with Gasteiger partial charge in [-0.05, 0) is 25.9 Å². The summed E-state index contributed by atoms with van der Waals surface area (Å²) in [5.74, 6) is 0. The minimum atomic E-state index is 0.254. The van der Waals surface area contributed by atoms with Crippen molar-refractivity contribution in [3.05, 3.63) is 0 Å². The minimum Gasteiger partial charge on any atom is -0.396 e. The van der Waals surface area contributed by atoms with Gasteiger partial charge in [0, 0.05) is 13.2 Å². The van der Waals surface area contributed by atoms with Gasteiger partial charge in [0.1, 0.15) is 0 Å². The van der Waals surface area contributed by atoms with Crippen LogP contribution in [0.1, 0.15) is 32.6 Å². The van der Waals surface area contributed by atoms with Gasteiger partial charge in [-0.25, -0.2) is 0 Å². The Morgan fingerprint density at radius 1 is 0.846 bits per heavy atom. The van der Waals surface area contributed by atoms with Crippen molar-refractivity contribution in [1.29, 1.82) is 0 Å². The number of likely N-dealkylation sites (N-methyl/N-ethyl adjacent to an activating group) is 1. The fourth-order valence-corrected chi connectivity index (χ4v) is 1.37. The third-order valence-corrected chi connectivity index (χ3v) is 2.25. The lowest BCUT2D eigenvalue weighted by Gasteiger charge is -2.18.